The summed E-state index contributed by atoms with van der Waals surface area (Å²) in [5.74, 6) is 1.16. The zero-order valence-electron chi connectivity index (χ0n) is 17.8. The Labute approximate surface area is 199 Å². The zero-order valence-corrected chi connectivity index (χ0v) is 20.1. The summed E-state index contributed by atoms with van der Waals surface area (Å²) in [6.45, 7) is 3.75. The maximum Gasteiger partial charge on any atom is 0.239 e. The second-order valence-corrected chi connectivity index (χ2v) is 6.98. The van der Waals surface area contributed by atoms with Crippen LogP contribution in [-0.4, -0.2) is 63.6 Å². The number of ether oxygens (including phenoxy) is 1. The molecule has 1 saturated heterocycles. The second kappa shape index (κ2) is 12.3. The van der Waals surface area contributed by atoms with E-state index in [0.717, 1.165) is 43.2 Å². The molecular weight excluding hydrogens is 512 g/mol. The largest absolute Gasteiger partial charge is 0.497 e. The van der Waals surface area contributed by atoms with Gasteiger partial charge in [0.05, 0.1) is 13.7 Å². The molecule has 0 atom stereocenters. The molecule has 0 bridgehead atoms. The molecule has 2 aromatic carbocycles. The monoisotopic (exact) mass is 541 g/mol. The van der Waals surface area contributed by atoms with Gasteiger partial charge in [-0.15, -0.1) is 24.0 Å². The van der Waals surface area contributed by atoms with Crippen LogP contribution in [0.15, 0.2) is 53.5 Å². The van der Waals surface area contributed by atoms with Gasteiger partial charge in [0.2, 0.25) is 5.91 Å². The predicted molar refractivity (Wildman–Crippen MR) is 132 cm³/mol. The molecule has 9 heteroatoms. The molecule has 7 nitrogen and oxygen atoms in total. The first-order valence-corrected chi connectivity index (χ1v) is 9.95. The summed E-state index contributed by atoms with van der Waals surface area (Å²) in [4.78, 5) is 20.8. The number of nitrogens with zero attached hydrogens (tertiary/aromatic N) is 3. The number of nitrogens with one attached hydrogen (secondary N) is 2. The third-order valence-corrected chi connectivity index (χ3v) is 5.04. The average Bonchev–Trinajstić information content (AvgIpc) is 2.79. The number of hydrogen-bond acceptors (Lipinski definition) is 4. The van der Waals surface area contributed by atoms with Gasteiger partial charge in [-0.25, -0.2) is 4.39 Å². The van der Waals surface area contributed by atoms with E-state index in [-0.39, 0.29) is 42.2 Å². The number of halogens is 2. The number of carbonyl (C=O) groups is 1. The lowest BCUT2D eigenvalue weighted by Gasteiger charge is -2.37. The van der Waals surface area contributed by atoms with Gasteiger partial charge in [0.25, 0.3) is 0 Å². The summed E-state index contributed by atoms with van der Waals surface area (Å²) >= 11 is 0. The van der Waals surface area contributed by atoms with Crippen molar-refractivity contribution in [1.82, 2.24) is 15.5 Å². The molecule has 2 N–H and O–H groups in total. The molecule has 1 amide bonds. The van der Waals surface area contributed by atoms with Gasteiger partial charge in [-0.2, -0.15) is 0 Å². The van der Waals surface area contributed by atoms with Gasteiger partial charge < -0.3 is 25.2 Å². The van der Waals surface area contributed by atoms with Crippen LogP contribution in [0, 0.1) is 5.82 Å². The van der Waals surface area contributed by atoms with Crippen molar-refractivity contribution in [2.75, 3.05) is 51.8 Å². The fraction of sp³-hybridized carbons (Fsp3) is 0.364. The maximum absolute atomic E-state index is 13.1. The third-order valence-electron chi connectivity index (χ3n) is 5.04. The van der Waals surface area contributed by atoms with Crippen LogP contribution in [0.1, 0.15) is 5.56 Å². The number of rotatable bonds is 6. The van der Waals surface area contributed by atoms with Crippen LogP contribution in [-0.2, 0) is 11.3 Å². The topological polar surface area (TPSA) is 69.2 Å². The summed E-state index contributed by atoms with van der Waals surface area (Å²) in [5.41, 5.74) is 2.02. The third kappa shape index (κ3) is 7.27. The van der Waals surface area contributed by atoms with Gasteiger partial charge in [-0.05, 0) is 42.0 Å². The van der Waals surface area contributed by atoms with Crippen molar-refractivity contribution in [2.45, 2.75) is 6.54 Å². The van der Waals surface area contributed by atoms with Gasteiger partial charge >= 0.3 is 0 Å². The maximum atomic E-state index is 13.1. The van der Waals surface area contributed by atoms with Crippen LogP contribution < -0.4 is 20.3 Å². The first-order chi connectivity index (χ1) is 14.6. The number of hydrogen-bond donors (Lipinski definition) is 2. The molecule has 31 heavy (non-hydrogen) atoms. The number of anilines is 1. The Bertz CT molecular complexity index is 853. The van der Waals surface area contributed by atoms with Crippen molar-refractivity contribution in [2.24, 2.45) is 4.99 Å². The normalized spacial score (nSPS) is 14.0. The lowest BCUT2D eigenvalue weighted by Crippen LogP contribution is -2.53. The molecular formula is C22H29FIN5O2. The highest BCUT2D eigenvalue weighted by atomic mass is 127. The molecule has 0 spiro atoms. The molecule has 1 aliphatic rings. The van der Waals surface area contributed by atoms with Gasteiger partial charge in [0, 0.05) is 45.5 Å². The predicted octanol–water partition coefficient (Wildman–Crippen LogP) is 2.47. The highest BCUT2D eigenvalue weighted by Crippen LogP contribution is 2.17. The van der Waals surface area contributed by atoms with Crippen molar-refractivity contribution in [3.63, 3.8) is 0 Å². The van der Waals surface area contributed by atoms with E-state index in [1.165, 1.54) is 12.1 Å². The molecule has 1 fully saturated rings. The zero-order chi connectivity index (χ0) is 21.3. The minimum Gasteiger partial charge on any atom is -0.497 e. The molecule has 0 radical (unpaired) electrons. The summed E-state index contributed by atoms with van der Waals surface area (Å²) < 4.78 is 18.2. The molecule has 168 valence electrons. The lowest BCUT2D eigenvalue weighted by atomic mass is 10.2. The van der Waals surface area contributed by atoms with E-state index in [9.17, 15) is 9.18 Å². The van der Waals surface area contributed by atoms with Gasteiger partial charge in [0.15, 0.2) is 5.96 Å². The highest BCUT2D eigenvalue weighted by molar-refractivity contribution is 14.0. The second-order valence-electron chi connectivity index (χ2n) is 6.98. The summed E-state index contributed by atoms with van der Waals surface area (Å²) in [7, 11) is 3.34. The van der Waals surface area contributed by atoms with E-state index in [0.29, 0.717) is 12.5 Å². The van der Waals surface area contributed by atoms with Crippen LogP contribution >= 0.6 is 24.0 Å². The number of benzene rings is 2. The number of amides is 1. The summed E-state index contributed by atoms with van der Waals surface area (Å²) in [5, 5.41) is 6.03. The van der Waals surface area contributed by atoms with E-state index in [2.05, 4.69) is 25.4 Å². The van der Waals surface area contributed by atoms with Crippen molar-refractivity contribution >= 4 is 41.5 Å². The molecule has 1 heterocycles. The fourth-order valence-electron chi connectivity index (χ4n) is 3.33. The number of aliphatic imine (C=N–C) groups is 1. The van der Waals surface area contributed by atoms with Crippen LogP contribution in [0.4, 0.5) is 10.1 Å². The minimum atomic E-state index is -0.229. The first kappa shape index (κ1) is 24.7. The SMILES string of the molecule is CN=C(NCC(=O)NCc1ccc(OC)cc1)N1CCN(c2ccc(F)cc2)CC1.I. The Hall–Kier alpha value is -2.56. The number of methoxy groups -OCH3 is 1. The Balaban J connectivity index is 0.00000341. The van der Waals surface area contributed by atoms with Crippen molar-refractivity contribution in [1.29, 1.82) is 0 Å². The number of carbonyl (C=O) groups excluding carboxylic acids is 1. The van der Waals surface area contributed by atoms with Crippen LogP contribution in [0.5, 0.6) is 5.75 Å². The first-order valence-electron chi connectivity index (χ1n) is 9.95. The summed E-state index contributed by atoms with van der Waals surface area (Å²) in [6.07, 6.45) is 0. The van der Waals surface area contributed by atoms with Crippen molar-refractivity contribution in [3.8, 4) is 5.75 Å². The molecule has 0 aliphatic carbocycles. The minimum absolute atomic E-state index is 0. The smallest absolute Gasteiger partial charge is 0.239 e. The molecule has 3 rings (SSSR count). The van der Waals surface area contributed by atoms with E-state index in [1.54, 1.807) is 26.3 Å². The Kier molecular flexibility index (Phi) is 9.83. The van der Waals surface area contributed by atoms with Gasteiger partial charge in [-0.3, -0.25) is 9.79 Å². The van der Waals surface area contributed by atoms with Crippen molar-refractivity contribution in [3.05, 3.63) is 59.9 Å². The average molecular weight is 541 g/mol. The molecule has 0 unspecified atom stereocenters. The highest BCUT2D eigenvalue weighted by Gasteiger charge is 2.20. The summed E-state index contributed by atoms with van der Waals surface area (Å²) in [6, 6.07) is 14.1. The van der Waals surface area contributed by atoms with E-state index < -0.39 is 0 Å². The lowest BCUT2D eigenvalue weighted by molar-refractivity contribution is -0.120. The van der Waals surface area contributed by atoms with Crippen LogP contribution in [0.2, 0.25) is 0 Å². The van der Waals surface area contributed by atoms with E-state index in [4.69, 9.17) is 4.74 Å². The van der Waals surface area contributed by atoms with Gasteiger partial charge in [-0.1, -0.05) is 12.1 Å². The van der Waals surface area contributed by atoms with E-state index in [1.807, 2.05) is 24.3 Å². The molecule has 0 saturated carbocycles. The molecule has 1 aliphatic heterocycles. The van der Waals surface area contributed by atoms with Crippen LogP contribution in [0.3, 0.4) is 0 Å². The Morgan fingerprint density at radius 3 is 2.26 bits per heavy atom. The Morgan fingerprint density at radius 2 is 1.68 bits per heavy atom. The molecule has 0 aromatic heterocycles. The Morgan fingerprint density at radius 1 is 1.03 bits per heavy atom. The number of piperazine rings is 1. The fourth-order valence-corrected chi connectivity index (χ4v) is 3.33. The quantitative estimate of drug-likeness (QED) is 0.334. The van der Waals surface area contributed by atoms with Gasteiger partial charge in [0.1, 0.15) is 11.6 Å². The standard InChI is InChI=1S/C22H28FN5O2.HI/c1-24-22(26-16-21(29)25-15-17-3-9-20(30-2)10-4-17)28-13-11-27(12-14-28)19-7-5-18(23)6-8-19;/h3-10H,11-16H2,1-2H3,(H,24,26)(H,25,29);1H. The molecule has 2 aromatic rings. The number of guanidine groups is 1. The van der Waals surface area contributed by atoms with E-state index >= 15 is 0 Å². The van der Waals surface area contributed by atoms with Crippen molar-refractivity contribution < 1.29 is 13.9 Å². The van der Waals surface area contributed by atoms with Crippen LogP contribution in [0.25, 0.3) is 0 Å².